The number of hydrogen-bond acceptors (Lipinski definition) is 15. The Hall–Kier alpha value is -5.07. The van der Waals surface area contributed by atoms with Crippen LogP contribution in [-0.4, -0.2) is 137 Å². The zero-order valence-electron chi connectivity index (χ0n) is 41.4. The lowest BCUT2D eigenvalue weighted by molar-refractivity contribution is -0.112. The standard InChI is InChI=1S/C51H71N5O12/c1-26(2)25-56-20-18-51(19-21-56)53-38-35-36-43(59)32(8)46-37(35)47(61)50(9,68-46)66-24-17-34(64-11)29(5)45(67-49(63)55(10)33-15-22-65-23-16-33)31(7)42(58)30(6)41(57)27(3)13-12-14-28(4)48(62)52-40(44(36)60)39(38)54-51/h12-14,17,24,26-27,29-31,33-34,41-42,45,57-60H,15-16,18-23,25H2,1-11H3,(H,52,62)/b13-12-,24-17-,28-14-/t27-,29+,30+,31+,34-,41-,42+,45+,50-/m0/s1. The predicted molar refractivity (Wildman–Crippen MR) is 254 cm³/mol. The highest BCUT2D eigenvalue weighted by Gasteiger charge is 2.50. The maximum atomic E-state index is 14.9. The molecule has 1 spiro atoms. The van der Waals surface area contributed by atoms with Gasteiger partial charge in [-0.05, 0) is 38.7 Å². The molecule has 372 valence electrons. The zero-order chi connectivity index (χ0) is 49.6. The smallest absolute Gasteiger partial charge is 0.410 e. The van der Waals surface area contributed by atoms with Crippen LogP contribution in [-0.2, 0) is 23.7 Å². The summed E-state index contributed by atoms with van der Waals surface area (Å²) in [6.07, 6.45) is 5.60. The number of phenolic OH excluding ortho intramolecular Hbond substituents is 2. The number of aromatic hydroxyl groups is 2. The van der Waals surface area contributed by atoms with Gasteiger partial charge in [-0.3, -0.25) is 19.6 Å². The van der Waals surface area contributed by atoms with Crippen LogP contribution in [0.1, 0.15) is 97.0 Å². The largest absolute Gasteiger partial charge is 0.507 e. The topological polar surface area (TPSA) is 222 Å². The molecule has 68 heavy (non-hydrogen) atoms. The third kappa shape index (κ3) is 9.61. The lowest BCUT2D eigenvalue weighted by Gasteiger charge is -2.39. The lowest BCUT2D eigenvalue weighted by atomic mass is 9.78. The number of nitrogens with one attached hydrogen (secondary N) is 1. The summed E-state index contributed by atoms with van der Waals surface area (Å²) in [5.74, 6) is -6.10. The molecule has 0 radical (unpaired) electrons. The molecule has 8 rings (SSSR count). The molecule has 2 aromatic rings. The second-order valence-corrected chi connectivity index (χ2v) is 20.2. The number of fused-ring (bicyclic) bond motifs is 13. The van der Waals surface area contributed by atoms with E-state index in [1.807, 2.05) is 6.92 Å². The van der Waals surface area contributed by atoms with Crippen LogP contribution < -0.4 is 20.8 Å². The van der Waals surface area contributed by atoms with Gasteiger partial charge < -0.3 is 59.2 Å². The summed E-state index contributed by atoms with van der Waals surface area (Å²) in [7, 11) is 3.16. The summed E-state index contributed by atoms with van der Waals surface area (Å²) in [5, 5.41) is 51.0. The number of aliphatic hydroxyl groups excluding tert-OH is 2. The Labute approximate surface area is 398 Å². The number of rotatable bonds is 5. The first-order valence-corrected chi connectivity index (χ1v) is 24.0. The molecule has 6 aliphatic heterocycles. The Balaban J connectivity index is 1.34. The van der Waals surface area contributed by atoms with Gasteiger partial charge >= 0.3 is 11.9 Å². The first-order chi connectivity index (χ1) is 32.1. The number of phenols is 2. The molecular formula is C51H71N5O12. The van der Waals surface area contributed by atoms with Crippen molar-refractivity contribution in [2.24, 2.45) is 39.6 Å². The van der Waals surface area contributed by atoms with Crippen molar-refractivity contribution in [1.82, 2.24) is 9.80 Å². The molecular weight excluding hydrogens is 875 g/mol. The molecule has 9 atom stereocenters. The SMILES string of the molecule is CO[C@H]1/C=C\O[C@@]2(C)Oc3c(C)c(O)c4c(O)c(c5c(c4c3C2=O)=NC2(CCN(CC(C)C)CC2)N=5)NC(=O)/C(C)=C\C=C/[C@H](C)[C@H](O)[C@@H](C)[C@@H](O)[C@@H](C)[C@H](OC(=O)N(C)C2CCOCC2)[C@@H]1C. The van der Waals surface area contributed by atoms with Crippen molar-refractivity contribution in [3.63, 3.8) is 0 Å². The van der Waals surface area contributed by atoms with Gasteiger partial charge in [-0.25, -0.2) is 4.79 Å². The highest BCUT2D eigenvalue weighted by atomic mass is 16.7. The quantitative estimate of drug-likeness (QED) is 0.236. The van der Waals surface area contributed by atoms with Gasteiger partial charge in [0.15, 0.2) is 11.4 Å². The van der Waals surface area contributed by atoms with E-state index in [1.54, 1.807) is 70.9 Å². The minimum atomic E-state index is -1.98. The number of methoxy groups -OCH3 is 1. The molecule has 0 aliphatic carbocycles. The fourth-order valence-electron chi connectivity index (χ4n) is 10.4. The predicted octanol–water partition coefficient (Wildman–Crippen LogP) is 5.43. The number of amides is 2. The van der Waals surface area contributed by atoms with E-state index in [0.717, 1.165) is 6.54 Å². The number of likely N-dealkylation sites (tertiary alicyclic amines) is 1. The summed E-state index contributed by atoms with van der Waals surface area (Å²) in [6.45, 7) is 19.4. The zero-order valence-corrected chi connectivity index (χ0v) is 41.4. The van der Waals surface area contributed by atoms with Crippen molar-refractivity contribution >= 4 is 34.2 Å². The van der Waals surface area contributed by atoms with Crippen LogP contribution in [0.15, 0.2) is 46.1 Å². The lowest BCUT2D eigenvalue weighted by Crippen LogP contribution is -2.49. The van der Waals surface area contributed by atoms with Gasteiger partial charge in [-0.15, -0.1) is 0 Å². The number of ether oxygens (including phenoxy) is 5. The van der Waals surface area contributed by atoms with Crippen molar-refractivity contribution in [3.05, 3.63) is 58.0 Å². The van der Waals surface area contributed by atoms with Gasteiger partial charge in [-0.2, -0.15) is 0 Å². The van der Waals surface area contributed by atoms with E-state index in [9.17, 15) is 34.8 Å². The van der Waals surface area contributed by atoms with Gasteiger partial charge in [0.1, 0.15) is 28.6 Å². The van der Waals surface area contributed by atoms with E-state index in [4.69, 9.17) is 33.7 Å². The van der Waals surface area contributed by atoms with Crippen molar-refractivity contribution < 1.29 is 58.5 Å². The van der Waals surface area contributed by atoms with Gasteiger partial charge in [-0.1, -0.05) is 59.8 Å². The van der Waals surface area contributed by atoms with E-state index in [-0.39, 0.29) is 61.4 Å². The normalized spacial score (nSPS) is 32.1. The third-order valence-corrected chi connectivity index (χ3v) is 14.9. The molecule has 5 N–H and O–H groups in total. The number of Topliss-reactive ketones (excluding diaryl/α,β-unsaturated/α-hetero) is 1. The molecule has 6 aliphatic rings. The van der Waals surface area contributed by atoms with E-state index in [1.165, 1.54) is 20.3 Å². The van der Waals surface area contributed by atoms with E-state index in [0.29, 0.717) is 57.9 Å². The first kappa shape index (κ1) is 50.8. The molecule has 2 saturated heterocycles. The molecule has 2 aromatic carbocycles. The number of benzene rings is 2. The van der Waals surface area contributed by atoms with Gasteiger partial charge in [0.2, 0.25) is 0 Å². The van der Waals surface area contributed by atoms with Gasteiger partial charge in [0.05, 0.1) is 40.9 Å². The average Bonchev–Trinajstić information content (AvgIpc) is 3.82. The molecule has 0 saturated carbocycles. The summed E-state index contributed by atoms with van der Waals surface area (Å²) < 4.78 is 30.3. The summed E-state index contributed by atoms with van der Waals surface area (Å²) in [4.78, 5) is 57.1. The molecule has 5 bridgehead atoms. The highest BCUT2D eigenvalue weighted by molar-refractivity contribution is 6.19. The number of aliphatic hydroxyl groups is 2. The van der Waals surface area contributed by atoms with Gasteiger partial charge in [0.25, 0.3) is 11.7 Å². The molecule has 6 heterocycles. The monoisotopic (exact) mass is 946 g/mol. The van der Waals surface area contributed by atoms with Crippen molar-refractivity contribution in [2.45, 2.75) is 130 Å². The van der Waals surface area contributed by atoms with Crippen molar-refractivity contribution in [2.75, 3.05) is 52.3 Å². The van der Waals surface area contributed by atoms with Crippen LogP contribution >= 0.6 is 0 Å². The number of hydrogen-bond donors (Lipinski definition) is 5. The van der Waals surface area contributed by atoms with Crippen LogP contribution in [0.25, 0.3) is 10.8 Å². The Kier molecular flexibility index (Phi) is 15.0. The molecule has 2 amide bonds. The molecule has 0 aromatic heterocycles. The fraction of sp³-hybridized carbons (Fsp3) is 0.627. The fourth-order valence-corrected chi connectivity index (χ4v) is 10.4. The summed E-state index contributed by atoms with van der Waals surface area (Å²) in [6, 6.07) is -0.106. The number of anilines is 1. The van der Waals surface area contributed by atoms with E-state index in [2.05, 4.69) is 24.1 Å². The van der Waals surface area contributed by atoms with Crippen molar-refractivity contribution in [3.8, 4) is 17.2 Å². The van der Waals surface area contributed by atoms with Gasteiger partial charge in [0, 0.05) is 113 Å². The number of piperidine rings is 1. The first-order valence-electron chi connectivity index (χ1n) is 24.0. The Morgan fingerprint density at radius 3 is 2.26 bits per heavy atom. The Morgan fingerprint density at radius 2 is 1.62 bits per heavy atom. The number of nitrogens with zero attached hydrogens (tertiary/aromatic N) is 4. The Bertz CT molecular complexity index is 2490. The van der Waals surface area contributed by atoms with Crippen molar-refractivity contribution in [1.29, 1.82) is 0 Å². The Morgan fingerprint density at radius 1 is 0.956 bits per heavy atom. The number of carbonyl (C=O) groups is 3. The maximum absolute atomic E-state index is 14.9. The van der Waals surface area contributed by atoms with Crippen LogP contribution in [0.2, 0.25) is 0 Å². The number of carbonyl (C=O) groups excluding carboxylic acids is 3. The highest BCUT2D eigenvalue weighted by Crippen LogP contribution is 2.50. The van der Waals surface area contributed by atoms with E-state index < -0.39 is 83.1 Å². The average molecular weight is 946 g/mol. The van der Waals surface area contributed by atoms with Crippen LogP contribution in [0.4, 0.5) is 10.5 Å². The second-order valence-electron chi connectivity index (χ2n) is 20.2. The molecule has 17 nitrogen and oxygen atoms in total. The summed E-state index contributed by atoms with van der Waals surface area (Å²) >= 11 is 0. The minimum Gasteiger partial charge on any atom is -0.507 e. The molecule has 0 unspecified atom stereocenters. The summed E-state index contributed by atoms with van der Waals surface area (Å²) in [5.41, 5.74) is -0.597. The van der Waals surface area contributed by atoms with Crippen LogP contribution in [0.5, 0.6) is 17.2 Å². The van der Waals surface area contributed by atoms with Crippen LogP contribution in [0, 0.1) is 36.5 Å². The molecule has 17 heteroatoms. The van der Waals surface area contributed by atoms with E-state index >= 15 is 0 Å². The molecule has 2 fully saturated rings. The third-order valence-electron chi connectivity index (χ3n) is 14.9. The second kappa shape index (κ2) is 20.1. The number of allylic oxidation sites excluding steroid dienone is 2. The minimum absolute atomic E-state index is 0.0325. The maximum Gasteiger partial charge on any atom is 0.410 e. The number of ketones is 1. The van der Waals surface area contributed by atoms with Crippen LogP contribution in [0.3, 0.4) is 0 Å².